The van der Waals surface area contributed by atoms with Crippen LogP contribution in [0.2, 0.25) is 15.1 Å². The van der Waals surface area contributed by atoms with Gasteiger partial charge in [0.25, 0.3) is 0 Å². The van der Waals surface area contributed by atoms with Crippen molar-refractivity contribution in [3.8, 4) is 11.3 Å². The third-order valence-electron chi connectivity index (χ3n) is 3.22. The summed E-state index contributed by atoms with van der Waals surface area (Å²) in [5, 5.41) is 11.2. The minimum absolute atomic E-state index is 0.155. The second-order valence-electron chi connectivity index (χ2n) is 4.65. The lowest BCUT2D eigenvalue weighted by atomic mass is 10.0. The van der Waals surface area contributed by atoms with Gasteiger partial charge in [0.2, 0.25) is 0 Å². The van der Waals surface area contributed by atoms with Crippen molar-refractivity contribution in [3.63, 3.8) is 0 Å². The van der Waals surface area contributed by atoms with Crippen LogP contribution in [0, 0.1) is 0 Å². The highest BCUT2D eigenvalue weighted by Gasteiger charge is 2.14. The Morgan fingerprint density at radius 1 is 0.955 bits per heavy atom. The minimum atomic E-state index is -1.03. The molecular formula is C16H8Cl3NO2. The quantitative estimate of drug-likeness (QED) is 0.657. The van der Waals surface area contributed by atoms with Gasteiger partial charge in [0.15, 0.2) is 0 Å². The Bertz CT molecular complexity index is 909. The van der Waals surface area contributed by atoms with E-state index in [1.54, 1.807) is 36.4 Å². The lowest BCUT2D eigenvalue weighted by molar-refractivity contribution is 0.0699. The van der Waals surface area contributed by atoms with E-state index >= 15 is 0 Å². The van der Waals surface area contributed by atoms with E-state index in [2.05, 4.69) is 4.98 Å². The van der Waals surface area contributed by atoms with Crippen molar-refractivity contribution in [2.45, 2.75) is 0 Å². The van der Waals surface area contributed by atoms with Crippen molar-refractivity contribution in [2.24, 2.45) is 0 Å². The molecule has 110 valence electrons. The van der Waals surface area contributed by atoms with Crippen LogP contribution in [0.5, 0.6) is 0 Å². The maximum atomic E-state index is 11.5. The van der Waals surface area contributed by atoms with Crippen LogP contribution in [0.15, 0.2) is 42.5 Å². The van der Waals surface area contributed by atoms with E-state index in [-0.39, 0.29) is 5.56 Å². The molecule has 0 saturated heterocycles. The number of nitrogens with zero attached hydrogens (tertiary/aromatic N) is 1. The third kappa shape index (κ3) is 2.75. The van der Waals surface area contributed by atoms with Gasteiger partial charge in [-0.3, -0.25) is 0 Å². The molecule has 0 bridgehead atoms. The molecule has 3 nitrogen and oxygen atoms in total. The van der Waals surface area contributed by atoms with Crippen molar-refractivity contribution >= 4 is 51.7 Å². The van der Waals surface area contributed by atoms with Crippen LogP contribution in [0.25, 0.3) is 22.2 Å². The van der Waals surface area contributed by atoms with Gasteiger partial charge in [-0.25, -0.2) is 9.78 Å². The molecule has 0 saturated carbocycles. The molecule has 0 aliphatic carbocycles. The zero-order valence-electron chi connectivity index (χ0n) is 11.0. The second kappa shape index (κ2) is 5.76. The van der Waals surface area contributed by atoms with Crippen LogP contribution < -0.4 is 0 Å². The summed E-state index contributed by atoms with van der Waals surface area (Å²) in [5.74, 6) is -1.03. The van der Waals surface area contributed by atoms with E-state index in [1.807, 2.05) is 0 Å². The Morgan fingerprint density at radius 2 is 1.73 bits per heavy atom. The van der Waals surface area contributed by atoms with Crippen molar-refractivity contribution in [1.82, 2.24) is 4.98 Å². The predicted octanol–water partition coefficient (Wildman–Crippen LogP) is 5.56. The molecule has 0 aliphatic heterocycles. The number of pyridine rings is 1. The summed E-state index contributed by atoms with van der Waals surface area (Å²) in [6.07, 6.45) is 0. The molecule has 0 atom stereocenters. The van der Waals surface area contributed by atoms with Gasteiger partial charge in [-0.15, -0.1) is 0 Å². The summed E-state index contributed by atoms with van der Waals surface area (Å²) in [5.41, 5.74) is 1.83. The van der Waals surface area contributed by atoms with Gasteiger partial charge in [-0.05, 0) is 30.3 Å². The molecule has 0 amide bonds. The molecule has 3 rings (SSSR count). The molecular weight excluding hydrogens is 345 g/mol. The number of aromatic nitrogens is 1. The van der Waals surface area contributed by atoms with Crippen LogP contribution in [-0.2, 0) is 0 Å². The summed E-state index contributed by atoms with van der Waals surface area (Å²) in [6.45, 7) is 0. The third-order valence-corrected chi connectivity index (χ3v) is 4.19. The Kier molecular flexibility index (Phi) is 3.96. The monoisotopic (exact) mass is 351 g/mol. The smallest absolute Gasteiger partial charge is 0.336 e. The standard InChI is InChI=1S/C16H8Cl3NO2/c17-9-2-3-10-11(16(21)22)7-14(20-15(10)6-9)8-1-4-12(18)13(19)5-8/h1-7H,(H,21,22). The molecule has 1 heterocycles. The first-order valence-corrected chi connectivity index (χ1v) is 7.38. The van der Waals surface area contributed by atoms with E-state index in [9.17, 15) is 9.90 Å². The fourth-order valence-corrected chi connectivity index (χ4v) is 2.65. The fraction of sp³-hybridized carbons (Fsp3) is 0. The lowest BCUT2D eigenvalue weighted by Crippen LogP contribution is -2.00. The summed E-state index contributed by atoms with van der Waals surface area (Å²) in [6, 6.07) is 11.4. The Balaban J connectivity index is 2.30. The van der Waals surface area contributed by atoms with E-state index < -0.39 is 5.97 Å². The minimum Gasteiger partial charge on any atom is -0.478 e. The number of halogens is 3. The molecule has 2 aromatic carbocycles. The molecule has 1 aromatic heterocycles. The summed E-state index contributed by atoms with van der Waals surface area (Å²) in [4.78, 5) is 16.0. The lowest BCUT2D eigenvalue weighted by Gasteiger charge is -2.08. The Morgan fingerprint density at radius 3 is 2.41 bits per heavy atom. The van der Waals surface area contributed by atoms with Gasteiger partial charge >= 0.3 is 5.97 Å². The maximum Gasteiger partial charge on any atom is 0.336 e. The van der Waals surface area contributed by atoms with Crippen molar-refractivity contribution < 1.29 is 9.90 Å². The number of rotatable bonds is 2. The molecule has 0 spiro atoms. The maximum absolute atomic E-state index is 11.5. The number of carboxylic acid groups (broad SMARTS) is 1. The average molecular weight is 353 g/mol. The van der Waals surface area contributed by atoms with Gasteiger partial charge in [0, 0.05) is 16.0 Å². The molecule has 0 radical (unpaired) electrons. The van der Waals surface area contributed by atoms with E-state index in [1.165, 1.54) is 6.07 Å². The number of carbonyl (C=O) groups is 1. The van der Waals surface area contributed by atoms with E-state index in [0.717, 1.165) is 0 Å². The highest BCUT2D eigenvalue weighted by molar-refractivity contribution is 6.42. The Hall–Kier alpha value is -1.81. The van der Waals surface area contributed by atoms with Crippen LogP contribution in [0.4, 0.5) is 0 Å². The first kappa shape index (κ1) is 15.1. The summed E-state index contributed by atoms with van der Waals surface area (Å²) >= 11 is 17.9. The normalized spacial score (nSPS) is 10.9. The van der Waals surface area contributed by atoms with Crippen LogP contribution in [-0.4, -0.2) is 16.1 Å². The molecule has 6 heteroatoms. The number of carboxylic acids is 1. The highest BCUT2D eigenvalue weighted by atomic mass is 35.5. The Labute approximate surface area is 141 Å². The van der Waals surface area contributed by atoms with Crippen molar-refractivity contribution in [2.75, 3.05) is 0 Å². The largest absolute Gasteiger partial charge is 0.478 e. The van der Waals surface area contributed by atoms with E-state index in [4.69, 9.17) is 34.8 Å². The molecule has 3 aromatic rings. The average Bonchev–Trinajstić information content (AvgIpc) is 2.48. The van der Waals surface area contributed by atoms with Crippen LogP contribution in [0.3, 0.4) is 0 Å². The van der Waals surface area contributed by atoms with Crippen molar-refractivity contribution in [1.29, 1.82) is 0 Å². The number of hydrogen-bond acceptors (Lipinski definition) is 2. The zero-order chi connectivity index (χ0) is 15.9. The molecule has 22 heavy (non-hydrogen) atoms. The molecule has 0 unspecified atom stereocenters. The summed E-state index contributed by atoms with van der Waals surface area (Å²) < 4.78 is 0. The van der Waals surface area contributed by atoms with Gasteiger partial charge in [-0.2, -0.15) is 0 Å². The van der Waals surface area contributed by atoms with Gasteiger partial charge in [0.1, 0.15) is 0 Å². The topological polar surface area (TPSA) is 50.2 Å². The zero-order valence-corrected chi connectivity index (χ0v) is 13.2. The van der Waals surface area contributed by atoms with Crippen molar-refractivity contribution in [3.05, 3.63) is 63.1 Å². The SMILES string of the molecule is O=C(O)c1cc(-c2ccc(Cl)c(Cl)c2)nc2cc(Cl)ccc12. The second-order valence-corrected chi connectivity index (χ2v) is 5.90. The molecule has 1 N–H and O–H groups in total. The highest BCUT2D eigenvalue weighted by Crippen LogP contribution is 2.30. The first-order chi connectivity index (χ1) is 10.5. The summed E-state index contributed by atoms with van der Waals surface area (Å²) in [7, 11) is 0. The van der Waals surface area contributed by atoms with Gasteiger partial charge < -0.3 is 5.11 Å². The molecule has 0 aliphatic rings. The fourth-order valence-electron chi connectivity index (χ4n) is 2.18. The van der Waals surface area contributed by atoms with E-state index in [0.29, 0.717) is 37.2 Å². The van der Waals surface area contributed by atoms with Crippen LogP contribution in [0.1, 0.15) is 10.4 Å². The number of fused-ring (bicyclic) bond motifs is 1. The predicted molar refractivity (Wildman–Crippen MR) is 89.2 cm³/mol. The number of aromatic carboxylic acids is 1. The van der Waals surface area contributed by atoms with Gasteiger partial charge in [-0.1, -0.05) is 46.9 Å². The van der Waals surface area contributed by atoms with Crippen LogP contribution >= 0.6 is 34.8 Å². The number of hydrogen-bond donors (Lipinski definition) is 1. The molecule has 0 fully saturated rings. The number of benzene rings is 2. The first-order valence-electron chi connectivity index (χ1n) is 6.25. The van der Waals surface area contributed by atoms with Gasteiger partial charge in [0.05, 0.1) is 26.8 Å².